The minimum atomic E-state index is -0.396. The highest BCUT2D eigenvalue weighted by Crippen LogP contribution is 2.14. The van der Waals surface area contributed by atoms with Gasteiger partial charge in [0.15, 0.2) is 0 Å². The largest absolute Gasteiger partial charge is 0.374 e. The number of nitro benzene ring substituents is 1. The van der Waals surface area contributed by atoms with Crippen LogP contribution in [0.3, 0.4) is 0 Å². The van der Waals surface area contributed by atoms with Gasteiger partial charge in [0, 0.05) is 12.1 Å². The summed E-state index contributed by atoms with van der Waals surface area (Å²) in [4.78, 5) is 10.2. The van der Waals surface area contributed by atoms with Crippen molar-refractivity contribution in [1.82, 2.24) is 0 Å². The smallest absolute Gasteiger partial charge is 0.269 e. The van der Waals surface area contributed by atoms with E-state index in [1.165, 1.54) is 17.7 Å². The van der Waals surface area contributed by atoms with E-state index in [0.717, 1.165) is 18.4 Å². The molecule has 1 atom stereocenters. The Labute approximate surface area is 124 Å². The standard InChI is InChI=1S/C17H19NO3/c1-14(7-8-15-5-3-2-4-6-15)21-13-16-9-11-17(12-10-16)18(19)20/h2-6,9-12,14H,7-8,13H2,1H3. The third-order valence-electron chi connectivity index (χ3n) is 3.36. The highest BCUT2D eigenvalue weighted by molar-refractivity contribution is 5.32. The molecule has 0 aliphatic rings. The van der Waals surface area contributed by atoms with Crippen LogP contribution in [0.2, 0.25) is 0 Å². The number of hydrogen-bond acceptors (Lipinski definition) is 3. The molecule has 0 aromatic heterocycles. The lowest BCUT2D eigenvalue weighted by atomic mass is 10.1. The predicted molar refractivity (Wildman–Crippen MR) is 82.1 cm³/mol. The van der Waals surface area contributed by atoms with Gasteiger partial charge in [-0.1, -0.05) is 30.3 Å². The van der Waals surface area contributed by atoms with E-state index in [2.05, 4.69) is 12.1 Å². The number of rotatable bonds is 7. The van der Waals surface area contributed by atoms with Gasteiger partial charge in [0.2, 0.25) is 0 Å². The summed E-state index contributed by atoms with van der Waals surface area (Å²) in [6.07, 6.45) is 2.10. The van der Waals surface area contributed by atoms with E-state index in [1.807, 2.05) is 25.1 Å². The number of benzene rings is 2. The molecule has 0 bridgehead atoms. The third kappa shape index (κ3) is 5.00. The Kier molecular flexibility index (Phi) is 5.46. The van der Waals surface area contributed by atoms with Crippen LogP contribution in [0.4, 0.5) is 5.69 Å². The molecular weight excluding hydrogens is 266 g/mol. The Morgan fingerprint density at radius 2 is 1.71 bits per heavy atom. The van der Waals surface area contributed by atoms with E-state index >= 15 is 0 Å². The molecule has 2 aromatic carbocycles. The van der Waals surface area contributed by atoms with Crippen LogP contribution in [-0.4, -0.2) is 11.0 Å². The van der Waals surface area contributed by atoms with E-state index < -0.39 is 4.92 Å². The van der Waals surface area contributed by atoms with Gasteiger partial charge >= 0.3 is 0 Å². The average molecular weight is 285 g/mol. The summed E-state index contributed by atoms with van der Waals surface area (Å²) in [6.45, 7) is 2.53. The lowest BCUT2D eigenvalue weighted by molar-refractivity contribution is -0.384. The highest BCUT2D eigenvalue weighted by Gasteiger charge is 2.06. The van der Waals surface area contributed by atoms with E-state index in [1.54, 1.807) is 12.1 Å². The molecule has 0 N–H and O–H groups in total. The van der Waals surface area contributed by atoms with Crippen molar-refractivity contribution in [3.63, 3.8) is 0 Å². The first-order valence-corrected chi connectivity index (χ1v) is 7.04. The summed E-state index contributed by atoms with van der Waals surface area (Å²) in [5, 5.41) is 10.6. The van der Waals surface area contributed by atoms with Crippen molar-refractivity contribution in [1.29, 1.82) is 0 Å². The maximum atomic E-state index is 10.6. The van der Waals surface area contributed by atoms with Crippen LogP contribution in [-0.2, 0) is 17.8 Å². The number of non-ortho nitro benzene ring substituents is 1. The number of hydrogen-bond donors (Lipinski definition) is 0. The first-order chi connectivity index (χ1) is 10.1. The fraction of sp³-hybridized carbons (Fsp3) is 0.294. The molecule has 0 saturated heterocycles. The molecule has 0 spiro atoms. The number of ether oxygens (including phenoxy) is 1. The molecule has 4 nitrogen and oxygen atoms in total. The molecule has 2 rings (SSSR count). The first kappa shape index (κ1) is 15.2. The van der Waals surface area contributed by atoms with Crippen LogP contribution >= 0.6 is 0 Å². The second-order valence-corrected chi connectivity index (χ2v) is 5.07. The molecule has 0 aliphatic carbocycles. The monoisotopic (exact) mass is 285 g/mol. The Morgan fingerprint density at radius 1 is 1.05 bits per heavy atom. The minimum Gasteiger partial charge on any atom is -0.374 e. The normalized spacial score (nSPS) is 12.0. The van der Waals surface area contributed by atoms with Crippen LogP contribution in [0.5, 0.6) is 0 Å². The number of nitrogens with zero attached hydrogens (tertiary/aromatic N) is 1. The van der Waals surface area contributed by atoms with Gasteiger partial charge in [0.1, 0.15) is 0 Å². The van der Waals surface area contributed by atoms with Crippen LogP contribution in [0.25, 0.3) is 0 Å². The van der Waals surface area contributed by atoms with Crippen LogP contribution in [0, 0.1) is 10.1 Å². The van der Waals surface area contributed by atoms with Crippen molar-refractivity contribution in [2.24, 2.45) is 0 Å². The maximum absolute atomic E-state index is 10.6. The fourth-order valence-electron chi connectivity index (χ4n) is 2.05. The van der Waals surface area contributed by atoms with Gasteiger partial charge in [-0.15, -0.1) is 0 Å². The molecule has 0 aliphatic heterocycles. The Morgan fingerprint density at radius 3 is 2.33 bits per heavy atom. The lowest BCUT2D eigenvalue weighted by Crippen LogP contribution is -2.09. The lowest BCUT2D eigenvalue weighted by Gasteiger charge is -2.13. The van der Waals surface area contributed by atoms with Gasteiger partial charge in [-0.05, 0) is 43.0 Å². The Hall–Kier alpha value is -2.20. The van der Waals surface area contributed by atoms with Crippen molar-refractivity contribution in [3.8, 4) is 0 Å². The molecular formula is C17H19NO3. The zero-order valence-electron chi connectivity index (χ0n) is 12.1. The maximum Gasteiger partial charge on any atom is 0.269 e. The van der Waals surface area contributed by atoms with E-state index in [0.29, 0.717) is 6.61 Å². The summed E-state index contributed by atoms with van der Waals surface area (Å²) in [7, 11) is 0. The minimum absolute atomic E-state index is 0.107. The van der Waals surface area contributed by atoms with E-state index in [9.17, 15) is 10.1 Å². The SMILES string of the molecule is CC(CCc1ccccc1)OCc1ccc([N+](=O)[O-])cc1. The van der Waals surface area contributed by atoms with Gasteiger partial charge < -0.3 is 4.74 Å². The van der Waals surface area contributed by atoms with Gasteiger partial charge in [0.25, 0.3) is 5.69 Å². The Bertz CT molecular complexity index is 566. The summed E-state index contributed by atoms with van der Waals surface area (Å²) in [5.41, 5.74) is 2.37. The zero-order valence-corrected chi connectivity index (χ0v) is 12.1. The van der Waals surface area contributed by atoms with Crippen LogP contribution in [0.15, 0.2) is 54.6 Å². The summed E-state index contributed by atoms with van der Waals surface area (Å²) >= 11 is 0. The van der Waals surface area contributed by atoms with Crippen molar-refractivity contribution >= 4 is 5.69 Å². The van der Waals surface area contributed by atoms with Gasteiger partial charge in [0.05, 0.1) is 17.6 Å². The van der Waals surface area contributed by atoms with Crippen LogP contribution < -0.4 is 0 Å². The molecule has 0 radical (unpaired) electrons. The third-order valence-corrected chi connectivity index (χ3v) is 3.36. The quantitative estimate of drug-likeness (QED) is 0.567. The fourth-order valence-corrected chi connectivity index (χ4v) is 2.05. The molecule has 21 heavy (non-hydrogen) atoms. The van der Waals surface area contributed by atoms with Crippen molar-refractivity contribution in [3.05, 3.63) is 75.8 Å². The number of nitro groups is 1. The number of aryl methyl sites for hydroxylation is 1. The van der Waals surface area contributed by atoms with Gasteiger partial charge in [-0.25, -0.2) is 0 Å². The topological polar surface area (TPSA) is 52.4 Å². The molecule has 1 unspecified atom stereocenters. The van der Waals surface area contributed by atoms with Gasteiger partial charge in [-0.3, -0.25) is 10.1 Å². The van der Waals surface area contributed by atoms with E-state index in [4.69, 9.17) is 4.74 Å². The molecule has 4 heteroatoms. The summed E-state index contributed by atoms with van der Waals surface area (Å²) < 4.78 is 5.78. The zero-order chi connectivity index (χ0) is 15.1. The molecule has 0 amide bonds. The second kappa shape index (κ2) is 7.55. The molecule has 2 aromatic rings. The molecule has 0 fully saturated rings. The first-order valence-electron chi connectivity index (χ1n) is 7.04. The highest BCUT2D eigenvalue weighted by atomic mass is 16.6. The second-order valence-electron chi connectivity index (χ2n) is 5.07. The van der Waals surface area contributed by atoms with Crippen LogP contribution in [0.1, 0.15) is 24.5 Å². The summed E-state index contributed by atoms with van der Waals surface area (Å²) in [6, 6.07) is 16.8. The van der Waals surface area contributed by atoms with Crippen molar-refractivity contribution < 1.29 is 9.66 Å². The predicted octanol–water partition coefficient (Wildman–Crippen LogP) is 4.13. The van der Waals surface area contributed by atoms with Crippen molar-refractivity contribution in [2.75, 3.05) is 0 Å². The average Bonchev–Trinajstić information content (AvgIpc) is 2.52. The summed E-state index contributed by atoms with van der Waals surface area (Å²) in [5.74, 6) is 0. The Balaban J connectivity index is 1.75. The van der Waals surface area contributed by atoms with E-state index in [-0.39, 0.29) is 11.8 Å². The molecule has 0 saturated carbocycles. The van der Waals surface area contributed by atoms with Gasteiger partial charge in [-0.2, -0.15) is 0 Å². The molecule has 0 heterocycles. The molecule has 110 valence electrons. The van der Waals surface area contributed by atoms with Crippen molar-refractivity contribution in [2.45, 2.75) is 32.5 Å².